The third-order valence-electron chi connectivity index (χ3n) is 2.57. The van der Waals surface area contributed by atoms with E-state index in [9.17, 15) is 0 Å². The second kappa shape index (κ2) is 11.3. The summed E-state index contributed by atoms with van der Waals surface area (Å²) in [7, 11) is 0. The maximum atomic E-state index is 8.65. The van der Waals surface area contributed by atoms with Gasteiger partial charge in [-0.05, 0) is 54.4 Å². The molecular weight excluding hydrogens is 280 g/mol. The monoisotopic (exact) mass is 306 g/mol. The zero-order valence-electron chi connectivity index (χ0n) is 13.4. The van der Waals surface area contributed by atoms with Gasteiger partial charge in [-0.15, -0.1) is 0 Å². The van der Waals surface area contributed by atoms with E-state index in [0.29, 0.717) is 0 Å². The number of aromatic hydroxyl groups is 4. The van der Waals surface area contributed by atoms with Crippen LogP contribution < -0.4 is 0 Å². The molecule has 0 amide bonds. The molecule has 0 saturated heterocycles. The summed E-state index contributed by atoms with van der Waals surface area (Å²) in [5.41, 5.74) is 0. The lowest BCUT2D eigenvalue weighted by molar-refractivity contribution is 0.460. The Morgan fingerprint density at radius 2 is 0.864 bits per heavy atom. The molecule has 0 fully saturated rings. The highest BCUT2D eigenvalue weighted by Gasteiger charge is 1.86. The summed E-state index contributed by atoms with van der Waals surface area (Å²) in [5.74, 6) is 1.58. The molecular formula is C18H26O4. The van der Waals surface area contributed by atoms with Crippen LogP contribution in [0.3, 0.4) is 0 Å². The third-order valence-corrected chi connectivity index (χ3v) is 2.57. The van der Waals surface area contributed by atoms with Gasteiger partial charge in [0, 0.05) is 0 Å². The van der Waals surface area contributed by atoms with Crippen molar-refractivity contribution in [1.29, 1.82) is 0 Å². The largest absolute Gasteiger partial charge is 0.508 e. The van der Waals surface area contributed by atoms with E-state index in [1.807, 2.05) is 0 Å². The molecule has 0 aliphatic rings. The van der Waals surface area contributed by atoms with Crippen molar-refractivity contribution in [2.24, 2.45) is 5.92 Å². The average molecular weight is 306 g/mol. The minimum Gasteiger partial charge on any atom is -0.508 e. The van der Waals surface area contributed by atoms with E-state index in [1.54, 1.807) is 0 Å². The smallest absolute Gasteiger partial charge is 0.115 e. The van der Waals surface area contributed by atoms with Crippen molar-refractivity contribution in [2.75, 3.05) is 0 Å². The number of phenolic OH excluding ortho intramolecular Hbond substituents is 4. The fourth-order valence-electron chi connectivity index (χ4n) is 1.48. The minimum absolute atomic E-state index is 0.169. The van der Waals surface area contributed by atoms with Gasteiger partial charge in [-0.1, -0.05) is 33.6 Å². The van der Waals surface area contributed by atoms with Gasteiger partial charge < -0.3 is 20.4 Å². The highest BCUT2D eigenvalue weighted by molar-refractivity contribution is 5.29. The quantitative estimate of drug-likeness (QED) is 0.609. The Labute approximate surface area is 132 Å². The second-order valence-corrected chi connectivity index (χ2v) is 5.22. The van der Waals surface area contributed by atoms with Crippen LogP contribution in [0.15, 0.2) is 48.5 Å². The van der Waals surface area contributed by atoms with Gasteiger partial charge in [0.25, 0.3) is 0 Å². The van der Waals surface area contributed by atoms with E-state index in [4.69, 9.17) is 20.4 Å². The van der Waals surface area contributed by atoms with E-state index in [0.717, 1.165) is 5.92 Å². The third kappa shape index (κ3) is 11.5. The molecule has 2 aromatic carbocycles. The molecule has 0 radical (unpaired) electrons. The highest BCUT2D eigenvalue weighted by atomic mass is 16.3. The predicted molar refractivity (Wildman–Crippen MR) is 89.3 cm³/mol. The molecule has 0 spiro atoms. The van der Waals surface area contributed by atoms with E-state index >= 15 is 0 Å². The normalized spacial score (nSPS) is 9.27. The lowest BCUT2D eigenvalue weighted by Gasteiger charge is -1.95. The van der Waals surface area contributed by atoms with Crippen molar-refractivity contribution < 1.29 is 20.4 Å². The summed E-state index contributed by atoms with van der Waals surface area (Å²) in [6.07, 6.45) is 2.71. The molecule has 2 aromatic rings. The molecule has 0 unspecified atom stereocenters. The van der Waals surface area contributed by atoms with Gasteiger partial charge in [0.15, 0.2) is 0 Å². The molecule has 0 atom stereocenters. The van der Waals surface area contributed by atoms with Gasteiger partial charge in [0.05, 0.1) is 0 Å². The molecule has 22 heavy (non-hydrogen) atoms. The molecule has 0 bridgehead atoms. The summed E-state index contributed by atoms with van der Waals surface area (Å²) in [6.45, 7) is 6.73. The number of phenols is 4. The van der Waals surface area contributed by atoms with Crippen LogP contribution in [0.5, 0.6) is 23.0 Å². The predicted octanol–water partition coefficient (Wildman–Crippen LogP) is 4.64. The van der Waals surface area contributed by atoms with E-state index in [2.05, 4.69) is 20.8 Å². The fourth-order valence-corrected chi connectivity index (χ4v) is 1.48. The van der Waals surface area contributed by atoms with Crippen LogP contribution in [0.2, 0.25) is 0 Å². The molecule has 4 N–H and O–H groups in total. The number of benzene rings is 2. The van der Waals surface area contributed by atoms with Gasteiger partial charge in [0.1, 0.15) is 23.0 Å². The lowest BCUT2D eigenvalue weighted by atomic mass is 10.1. The van der Waals surface area contributed by atoms with Gasteiger partial charge in [0.2, 0.25) is 0 Å². The van der Waals surface area contributed by atoms with Crippen LogP contribution in [0.1, 0.15) is 33.6 Å². The Morgan fingerprint density at radius 1 is 0.636 bits per heavy atom. The van der Waals surface area contributed by atoms with Crippen molar-refractivity contribution in [1.82, 2.24) is 0 Å². The van der Waals surface area contributed by atoms with Crippen LogP contribution >= 0.6 is 0 Å². The molecule has 0 aliphatic carbocycles. The van der Waals surface area contributed by atoms with Crippen LogP contribution in [-0.4, -0.2) is 20.4 Å². The summed E-state index contributed by atoms with van der Waals surface area (Å²) < 4.78 is 0. The number of hydrogen-bond donors (Lipinski definition) is 4. The first-order chi connectivity index (χ1) is 10.3. The first-order valence-corrected chi connectivity index (χ1v) is 7.31. The van der Waals surface area contributed by atoms with Gasteiger partial charge in [-0.3, -0.25) is 0 Å². The Balaban J connectivity index is 0.000000306. The van der Waals surface area contributed by atoms with E-state index in [-0.39, 0.29) is 23.0 Å². The Morgan fingerprint density at radius 3 is 0.955 bits per heavy atom. The van der Waals surface area contributed by atoms with Gasteiger partial charge in [-0.25, -0.2) is 0 Å². The van der Waals surface area contributed by atoms with Crippen LogP contribution in [0.4, 0.5) is 0 Å². The standard InChI is InChI=1S/2C6H6O2.C6H14/c2*7-5-1-2-6(8)4-3-5;1-4-5-6(2)3/h2*1-4,7-8H;6H,4-5H2,1-3H3. The van der Waals surface area contributed by atoms with E-state index < -0.39 is 0 Å². The molecule has 4 heteroatoms. The fraction of sp³-hybridized carbons (Fsp3) is 0.333. The molecule has 122 valence electrons. The number of hydrogen-bond acceptors (Lipinski definition) is 4. The molecule has 4 nitrogen and oxygen atoms in total. The zero-order chi connectivity index (χ0) is 17.0. The van der Waals surface area contributed by atoms with Crippen LogP contribution in [0.25, 0.3) is 0 Å². The maximum absolute atomic E-state index is 8.65. The van der Waals surface area contributed by atoms with E-state index in [1.165, 1.54) is 61.4 Å². The first kappa shape index (κ1) is 19.6. The van der Waals surface area contributed by atoms with Crippen molar-refractivity contribution >= 4 is 0 Å². The second-order valence-electron chi connectivity index (χ2n) is 5.22. The lowest BCUT2D eigenvalue weighted by Crippen LogP contribution is -1.81. The maximum Gasteiger partial charge on any atom is 0.115 e. The number of rotatable bonds is 2. The Hall–Kier alpha value is -2.36. The molecule has 0 saturated carbocycles. The molecule has 0 aliphatic heterocycles. The SMILES string of the molecule is CCCC(C)C.Oc1ccc(O)cc1.Oc1ccc(O)cc1. The topological polar surface area (TPSA) is 80.9 Å². The summed E-state index contributed by atoms with van der Waals surface area (Å²) >= 11 is 0. The Kier molecular flexibility index (Phi) is 10.1. The van der Waals surface area contributed by atoms with Crippen LogP contribution in [-0.2, 0) is 0 Å². The summed E-state index contributed by atoms with van der Waals surface area (Å²) in [6, 6.07) is 11.4. The van der Waals surface area contributed by atoms with Crippen molar-refractivity contribution in [3.63, 3.8) is 0 Å². The van der Waals surface area contributed by atoms with Crippen molar-refractivity contribution in [3.05, 3.63) is 48.5 Å². The van der Waals surface area contributed by atoms with Gasteiger partial charge in [-0.2, -0.15) is 0 Å². The van der Waals surface area contributed by atoms with Crippen molar-refractivity contribution in [3.8, 4) is 23.0 Å². The van der Waals surface area contributed by atoms with Crippen molar-refractivity contribution in [2.45, 2.75) is 33.6 Å². The summed E-state index contributed by atoms with van der Waals surface area (Å²) in [4.78, 5) is 0. The highest BCUT2D eigenvalue weighted by Crippen LogP contribution is 2.13. The minimum atomic E-state index is 0.169. The average Bonchev–Trinajstić information content (AvgIpc) is 2.46. The summed E-state index contributed by atoms with van der Waals surface area (Å²) in [5, 5.41) is 34.6. The van der Waals surface area contributed by atoms with Crippen LogP contribution in [0, 0.1) is 5.92 Å². The zero-order valence-corrected chi connectivity index (χ0v) is 13.4. The molecule has 0 aromatic heterocycles. The molecule has 0 heterocycles. The molecule has 2 rings (SSSR count). The first-order valence-electron chi connectivity index (χ1n) is 7.31. The van der Waals surface area contributed by atoms with Gasteiger partial charge >= 0.3 is 0 Å². The Bertz CT molecular complexity index is 404.